The van der Waals surface area contributed by atoms with Gasteiger partial charge in [-0.3, -0.25) is 4.79 Å². The normalized spacial score (nSPS) is 10.1. The highest BCUT2D eigenvalue weighted by Gasteiger charge is 2.03. The van der Waals surface area contributed by atoms with E-state index in [1.165, 1.54) is 6.20 Å². The van der Waals surface area contributed by atoms with Crippen molar-refractivity contribution in [3.8, 4) is 5.75 Å². The van der Waals surface area contributed by atoms with Crippen molar-refractivity contribution in [1.82, 2.24) is 4.98 Å². The maximum atomic E-state index is 11.7. The largest absolute Gasteiger partial charge is 0.494 e. The van der Waals surface area contributed by atoms with E-state index in [9.17, 15) is 4.79 Å². The first-order valence-electron chi connectivity index (χ1n) is 6.84. The number of benzene rings is 1. The van der Waals surface area contributed by atoms with Gasteiger partial charge in [-0.05, 0) is 43.2 Å². The van der Waals surface area contributed by atoms with Gasteiger partial charge in [0.05, 0.1) is 18.5 Å². The van der Waals surface area contributed by atoms with Gasteiger partial charge >= 0.3 is 0 Å². The number of nitrogens with two attached hydrogens (primary N) is 1. The minimum absolute atomic E-state index is 0.0607. The first kappa shape index (κ1) is 14.8. The number of rotatable bonds is 6. The number of nitrogens with zero attached hydrogens (tertiary/aromatic N) is 1. The van der Waals surface area contributed by atoms with Crippen molar-refractivity contribution in [2.75, 3.05) is 17.7 Å². The molecular formula is C16H19N3O2. The van der Waals surface area contributed by atoms with Crippen LogP contribution in [0.1, 0.15) is 18.4 Å². The highest BCUT2D eigenvalue weighted by atomic mass is 16.5. The highest BCUT2D eigenvalue weighted by molar-refractivity contribution is 5.90. The Kier molecular flexibility index (Phi) is 5.15. The van der Waals surface area contributed by atoms with Gasteiger partial charge in [0.2, 0.25) is 5.91 Å². The number of anilines is 2. The predicted molar refractivity (Wildman–Crippen MR) is 83.2 cm³/mol. The molecule has 1 aromatic carbocycles. The third-order valence-corrected chi connectivity index (χ3v) is 2.88. The van der Waals surface area contributed by atoms with Gasteiger partial charge in [-0.15, -0.1) is 0 Å². The number of hydrogen-bond acceptors (Lipinski definition) is 4. The van der Waals surface area contributed by atoms with Crippen LogP contribution in [0.2, 0.25) is 0 Å². The van der Waals surface area contributed by atoms with Gasteiger partial charge < -0.3 is 15.8 Å². The standard InChI is InChI=1S/C16H19N3O2/c1-12-4-2-5-14(10-12)21-9-3-6-16(20)19-13-7-8-15(17)18-11-13/h2,4-5,7-8,10-11H,3,6,9H2,1H3,(H2,17,18)(H,19,20). The number of amides is 1. The van der Waals surface area contributed by atoms with Crippen molar-refractivity contribution in [2.24, 2.45) is 0 Å². The number of aromatic nitrogens is 1. The van der Waals surface area contributed by atoms with E-state index in [0.717, 1.165) is 11.3 Å². The Balaban J connectivity index is 1.68. The fourth-order valence-corrected chi connectivity index (χ4v) is 1.83. The van der Waals surface area contributed by atoms with Crippen LogP contribution >= 0.6 is 0 Å². The molecule has 0 saturated carbocycles. The Hall–Kier alpha value is -2.56. The number of pyridine rings is 1. The summed E-state index contributed by atoms with van der Waals surface area (Å²) in [6.45, 7) is 2.53. The maximum Gasteiger partial charge on any atom is 0.224 e. The summed E-state index contributed by atoms with van der Waals surface area (Å²) in [6, 6.07) is 11.2. The van der Waals surface area contributed by atoms with Crippen LogP contribution in [0, 0.1) is 6.92 Å². The molecule has 2 rings (SSSR count). The molecule has 3 N–H and O–H groups in total. The average Bonchev–Trinajstić information content (AvgIpc) is 2.46. The summed E-state index contributed by atoms with van der Waals surface area (Å²) in [7, 11) is 0. The van der Waals surface area contributed by atoms with Crippen LogP contribution in [0.25, 0.3) is 0 Å². The molecule has 0 aliphatic heterocycles. The van der Waals surface area contributed by atoms with E-state index in [2.05, 4.69) is 10.3 Å². The Morgan fingerprint density at radius 2 is 2.19 bits per heavy atom. The molecule has 0 saturated heterocycles. The Morgan fingerprint density at radius 1 is 1.33 bits per heavy atom. The van der Waals surface area contributed by atoms with Crippen molar-refractivity contribution < 1.29 is 9.53 Å². The number of carbonyl (C=O) groups is 1. The fraction of sp³-hybridized carbons (Fsp3) is 0.250. The van der Waals surface area contributed by atoms with Crippen molar-refractivity contribution in [1.29, 1.82) is 0 Å². The van der Waals surface area contributed by atoms with Crippen LogP contribution < -0.4 is 15.8 Å². The summed E-state index contributed by atoms with van der Waals surface area (Å²) >= 11 is 0. The predicted octanol–water partition coefficient (Wildman–Crippen LogP) is 2.77. The van der Waals surface area contributed by atoms with Crippen molar-refractivity contribution in [3.05, 3.63) is 48.2 Å². The lowest BCUT2D eigenvalue weighted by Gasteiger charge is -2.07. The second-order valence-electron chi connectivity index (χ2n) is 4.79. The van der Waals surface area contributed by atoms with Crippen molar-refractivity contribution in [3.63, 3.8) is 0 Å². The Morgan fingerprint density at radius 3 is 2.90 bits per heavy atom. The van der Waals surface area contributed by atoms with Gasteiger partial charge in [-0.1, -0.05) is 12.1 Å². The number of nitrogen functional groups attached to an aromatic ring is 1. The molecule has 0 aliphatic carbocycles. The molecule has 0 radical (unpaired) electrons. The molecule has 0 atom stereocenters. The van der Waals surface area contributed by atoms with E-state index in [-0.39, 0.29) is 5.91 Å². The topological polar surface area (TPSA) is 77.2 Å². The van der Waals surface area contributed by atoms with E-state index in [1.807, 2.05) is 31.2 Å². The molecular weight excluding hydrogens is 266 g/mol. The lowest BCUT2D eigenvalue weighted by Crippen LogP contribution is -2.13. The minimum atomic E-state index is -0.0607. The lowest BCUT2D eigenvalue weighted by atomic mass is 10.2. The first-order chi connectivity index (χ1) is 10.1. The SMILES string of the molecule is Cc1cccc(OCCCC(=O)Nc2ccc(N)nc2)c1. The molecule has 21 heavy (non-hydrogen) atoms. The second kappa shape index (κ2) is 7.28. The zero-order chi connectivity index (χ0) is 15.1. The molecule has 0 unspecified atom stereocenters. The molecule has 1 heterocycles. The maximum absolute atomic E-state index is 11.7. The number of aryl methyl sites for hydroxylation is 1. The van der Waals surface area contributed by atoms with Gasteiger partial charge in [0, 0.05) is 6.42 Å². The molecule has 110 valence electrons. The third kappa shape index (κ3) is 5.14. The summed E-state index contributed by atoms with van der Waals surface area (Å²) in [4.78, 5) is 15.7. The Bertz CT molecular complexity index is 597. The zero-order valence-electron chi connectivity index (χ0n) is 12.0. The summed E-state index contributed by atoms with van der Waals surface area (Å²) in [5, 5.41) is 2.76. The molecule has 1 aromatic heterocycles. The summed E-state index contributed by atoms with van der Waals surface area (Å²) in [5.41, 5.74) is 7.28. The molecule has 0 aliphatic rings. The number of carbonyl (C=O) groups excluding carboxylic acids is 1. The number of nitrogens with one attached hydrogen (secondary N) is 1. The van der Waals surface area contributed by atoms with Crippen LogP contribution in [0.15, 0.2) is 42.6 Å². The van der Waals surface area contributed by atoms with Crippen LogP contribution in [-0.2, 0) is 4.79 Å². The fourth-order valence-electron chi connectivity index (χ4n) is 1.83. The molecule has 0 spiro atoms. The van der Waals surface area contributed by atoms with Crippen LogP contribution in [-0.4, -0.2) is 17.5 Å². The monoisotopic (exact) mass is 285 g/mol. The lowest BCUT2D eigenvalue weighted by molar-refractivity contribution is -0.116. The van der Waals surface area contributed by atoms with Gasteiger partial charge in [-0.2, -0.15) is 0 Å². The van der Waals surface area contributed by atoms with Crippen LogP contribution in [0.5, 0.6) is 5.75 Å². The van der Waals surface area contributed by atoms with Gasteiger partial charge in [0.1, 0.15) is 11.6 Å². The van der Waals surface area contributed by atoms with E-state index in [1.54, 1.807) is 12.1 Å². The van der Waals surface area contributed by atoms with Gasteiger partial charge in [-0.25, -0.2) is 4.98 Å². The number of hydrogen-bond donors (Lipinski definition) is 2. The molecule has 1 amide bonds. The summed E-state index contributed by atoms with van der Waals surface area (Å²) in [6.07, 6.45) is 2.59. The quantitative estimate of drug-likeness (QED) is 0.800. The van der Waals surface area contributed by atoms with Gasteiger partial charge in [0.25, 0.3) is 0 Å². The van der Waals surface area contributed by atoms with E-state index < -0.39 is 0 Å². The first-order valence-corrected chi connectivity index (χ1v) is 6.84. The van der Waals surface area contributed by atoms with E-state index in [4.69, 9.17) is 10.5 Å². The highest BCUT2D eigenvalue weighted by Crippen LogP contribution is 2.13. The molecule has 2 aromatic rings. The van der Waals surface area contributed by atoms with Crippen LogP contribution in [0.4, 0.5) is 11.5 Å². The molecule has 0 bridgehead atoms. The number of ether oxygens (including phenoxy) is 1. The zero-order valence-corrected chi connectivity index (χ0v) is 12.0. The van der Waals surface area contributed by atoms with Crippen LogP contribution in [0.3, 0.4) is 0 Å². The molecule has 5 nitrogen and oxygen atoms in total. The van der Waals surface area contributed by atoms with Gasteiger partial charge in [0.15, 0.2) is 0 Å². The summed E-state index contributed by atoms with van der Waals surface area (Å²) < 4.78 is 5.59. The average molecular weight is 285 g/mol. The molecule has 0 fully saturated rings. The molecule has 5 heteroatoms. The van der Waals surface area contributed by atoms with Crippen molar-refractivity contribution >= 4 is 17.4 Å². The summed E-state index contributed by atoms with van der Waals surface area (Å²) in [5.74, 6) is 1.20. The van der Waals surface area contributed by atoms with Crippen molar-refractivity contribution in [2.45, 2.75) is 19.8 Å². The van der Waals surface area contributed by atoms with E-state index >= 15 is 0 Å². The smallest absolute Gasteiger partial charge is 0.224 e. The Labute approximate surface area is 124 Å². The second-order valence-corrected chi connectivity index (χ2v) is 4.79. The third-order valence-electron chi connectivity index (χ3n) is 2.88. The minimum Gasteiger partial charge on any atom is -0.494 e. The van der Waals surface area contributed by atoms with E-state index in [0.29, 0.717) is 31.0 Å².